The van der Waals surface area contributed by atoms with Crippen molar-refractivity contribution >= 4 is 34.9 Å². The number of rotatable bonds is 11. The number of benzene rings is 1. The maximum Gasteiger partial charge on any atom is 0.387 e. The fourth-order valence-corrected chi connectivity index (χ4v) is 6.24. The quantitative estimate of drug-likeness (QED) is 0.190. The van der Waals surface area contributed by atoms with Gasteiger partial charge in [-0.1, -0.05) is 6.92 Å². The van der Waals surface area contributed by atoms with Crippen molar-refractivity contribution in [2.24, 2.45) is 0 Å². The van der Waals surface area contributed by atoms with Crippen LogP contribution in [0.25, 0.3) is 16.9 Å². The molecule has 2 aliphatic rings. The molecule has 1 N–H and O–H groups in total. The SMILES string of the molecule is CCC1(N(C)C2CCN(C(=O)Cn3cc(NC(=O)c4cnn5cccnc45)c(-c4cc(SC)ccc4OC(F)F)n3)CC2)CO1. The molecule has 238 valence electrons. The minimum atomic E-state index is -3.07. The Labute approximate surface area is 262 Å². The maximum absolute atomic E-state index is 13.4. The van der Waals surface area contributed by atoms with Gasteiger partial charge < -0.3 is 19.7 Å². The summed E-state index contributed by atoms with van der Waals surface area (Å²) in [6.45, 7) is 0.862. The zero-order chi connectivity index (χ0) is 31.7. The Morgan fingerprint density at radius 1 is 1.29 bits per heavy atom. The summed E-state index contributed by atoms with van der Waals surface area (Å²) in [7, 11) is 2.08. The molecule has 1 atom stereocenters. The number of likely N-dealkylation sites (N-methyl/N-ethyl adjacent to an activating group) is 1. The van der Waals surface area contributed by atoms with Crippen LogP contribution in [0.5, 0.6) is 5.75 Å². The largest absolute Gasteiger partial charge is 0.434 e. The van der Waals surface area contributed by atoms with Crippen LogP contribution in [0.4, 0.5) is 14.5 Å². The van der Waals surface area contributed by atoms with Gasteiger partial charge in [-0.2, -0.15) is 19.0 Å². The highest BCUT2D eigenvalue weighted by atomic mass is 32.2. The van der Waals surface area contributed by atoms with E-state index in [2.05, 4.69) is 39.4 Å². The highest BCUT2D eigenvalue weighted by Gasteiger charge is 2.49. The predicted molar refractivity (Wildman–Crippen MR) is 163 cm³/mol. The van der Waals surface area contributed by atoms with Gasteiger partial charge in [-0.3, -0.25) is 19.2 Å². The smallest absolute Gasteiger partial charge is 0.387 e. The number of nitrogens with zero attached hydrogens (tertiary/aromatic N) is 7. The monoisotopic (exact) mass is 640 g/mol. The van der Waals surface area contributed by atoms with Crippen molar-refractivity contribution in [3.05, 3.63) is 54.6 Å². The lowest BCUT2D eigenvalue weighted by Gasteiger charge is -2.39. The average Bonchev–Trinajstić information content (AvgIpc) is 3.58. The van der Waals surface area contributed by atoms with E-state index in [0.29, 0.717) is 24.8 Å². The van der Waals surface area contributed by atoms with Crippen LogP contribution >= 0.6 is 11.8 Å². The molecule has 0 saturated carbocycles. The van der Waals surface area contributed by atoms with Crippen molar-refractivity contribution in [3.8, 4) is 17.0 Å². The number of fused-ring (bicyclic) bond motifs is 1. The van der Waals surface area contributed by atoms with Crippen LogP contribution in [0, 0.1) is 0 Å². The number of carbonyl (C=O) groups excluding carboxylic acids is 2. The molecule has 1 aromatic carbocycles. The van der Waals surface area contributed by atoms with Gasteiger partial charge in [-0.05, 0) is 56.8 Å². The lowest BCUT2D eigenvalue weighted by atomic mass is 10.0. The summed E-state index contributed by atoms with van der Waals surface area (Å²) in [6.07, 6.45) is 10.5. The Balaban J connectivity index is 1.26. The molecule has 0 radical (unpaired) electrons. The molecule has 1 unspecified atom stereocenters. The van der Waals surface area contributed by atoms with Gasteiger partial charge >= 0.3 is 6.61 Å². The van der Waals surface area contributed by atoms with E-state index in [0.717, 1.165) is 30.8 Å². The van der Waals surface area contributed by atoms with E-state index in [4.69, 9.17) is 9.47 Å². The average molecular weight is 641 g/mol. The second-order valence-corrected chi connectivity index (χ2v) is 11.9. The molecular weight excluding hydrogens is 606 g/mol. The number of nitrogens with one attached hydrogen (secondary N) is 1. The lowest BCUT2D eigenvalue weighted by molar-refractivity contribution is -0.133. The Hall–Kier alpha value is -4.08. The van der Waals surface area contributed by atoms with Gasteiger partial charge in [0.2, 0.25) is 5.91 Å². The number of likely N-dealkylation sites (tertiary alicyclic amines) is 1. The van der Waals surface area contributed by atoms with Gasteiger partial charge in [0, 0.05) is 48.2 Å². The number of alkyl halides is 2. The highest BCUT2D eigenvalue weighted by molar-refractivity contribution is 7.98. The molecule has 45 heavy (non-hydrogen) atoms. The van der Waals surface area contributed by atoms with Crippen molar-refractivity contribution in [1.82, 2.24) is 34.2 Å². The van der Waals surface area contributed by atoms with Gasteiger partial charge in [0.15, 0.2) is 5.65 Å². The first-order valence-electron chi connectivity index (χ1n) is 14.7. The van der Waals surface area contributed by atoms with E-state index in [1.54, 1.807) is 35.5 Å². The molecular formula is C30H34F2N8O4S. The van der Waals surface area contributed by atoms with Gasteiger partial charge in [0.1, 0.15) is 29.3 Å². The first kappa shape index (κ1) is 30.9. The van der Waals surface area contributed by atoms with Crippen LogP contribution in [0.2, 0.25) is 0 Å². The van der Waals surface area contributed by atoms with E-state index in [1.807, 2.05) is 6.26 Å². The molecule has 6 rings (SSSR count). The molecule has 0 spiro atoms. The van der Waals surface area contributed by atoms with Crippen LogP contribution < -0.4 is 10.1 Å². The van der Waals surface area contributed by atoms with Crippen LogP contribution in [0.15, 0.2) is 53.9 Å². The number of thioether (sulfide) groups is 1. The fraction of sp³-hybridized carbons (Fsp3) is 0.433. The highest BCUT2D eigenvalue weighted by Crippen LogP contribution is 2.39. The number of hydrogen-bond donors (Lipinski definition) is 1. The number of amides is 2. The third kappa shape index (κ3) is 6.37. The summed E-state index contributed by atoms with van der Waals surface area (Å²) in [5, 5.41) is 11.6. The van der Waals surface area contributed by atoms with Gasteiger partial charge in [-0.25, -0.2) is 9.50 Å². The summed E-state index contributed by atoms with van der Waals surface area (Å²) in [6, 6.07) is 6.77. The minimum absolute atomic E-state index is 0.100. The number of halogens is 2. The molecule has 2 aliphatic heterocycles. The Kier molecular flexibility index (Phi) is 8.75. The topological polar surface area (TPSA) is 122 Å². The fourth-order valence-electron chi connectivity index (χ4n) is 5.80. The van der Waals surface area contributed by atoms with Crippen LogP contribution in [0.1, 0.15) is 36.5 Å². The number of aromatic nitrogens is 5. The Bertz CT molecular complexity index is 1700. The van der Waals surface area contributed by atoms with E-state index < -0.39 is 12.5 Å². The zero-order valence-electron chi connectivity index (χ0n) is 25.2. The molecule has 2 saturated heterocycles. The molecule has 2 fully saturated rings. The van der Waals surface area contributed by atoms with E-state index in [9.17, 15) is 18.4 Å². The first-order valence-corrected chi connectivity index (χ1v) is 15.9. The number of carbonyl (C=O) groups is 2. The van der Waals surface area contributed by atoms with Crippen molar-refractivity contribution in [1.29, 1.82) is 0 Å². The predicted octanol–water partition coefficient (Wildman–Crippen LogP) is 4.23. The molecule has 0 aliphatic carbocycles. The summed E-state index contributed by atoms with van der Waals surface area (Å²) in [4.78, 5) is 36.0. The van der Waals surface area contributed by atoms with E-state index in [1.165, 1.54) is 39.4 Å². The normalized spacial score (nSPS) is 18.6. The minimum Gasteiger partial charge on any atom is -0.434 e. The number of hydrogen-bond acceptors (Lipinski definition) is 9. The third-order valence-electron chi connectivity index (χ3n) is 8.53. The summed E-state index contributed by atoms with van der Waals surface area (Å²) >= 11 is 1.41. The zero-order valence-corrected chi connectivity index (χ0v) is 26.0. The molecule has 2 amide bonds. The Morgan fingerprint density at radius 2 is 2.07 bits per heavy atom. The molecule has 15 heteroatoms. The van der Waals surface area contributed by atoms with Crippen LogP contribution in [0.3, 0.4) is 0 Å². The lowest BCUT2D eigenvalue weighted by Crippen LogP contribution is -2.50. The van der Waals surface area contributed by atoms with Crippen LogP contribution in [-0.2, 0) is 16.1 Å². The third-order valence-corrected chi connectivity index (χ3v) is 9.25. The summed E-state index contributed by atoms with van der Waals surface area (Å²) in [5.41, 5.74) is 1.02. The van der Waals surface area contributed by atoms with Crippen molar-refractivity contribution in [2.45, 2.75) is 56.0 Å². The van der Waals surface area contributed by atoms with E-state index >= 15 is 0 Å². The van der Waals surface area contributed by atoms with Gasteiger partial charge in [-0.15, -0.1) is 11.8 Å². The number of piperidine rings is 1. The standard InChI is InChI=1S/C30H34F2N8O4S/c1-4-30(18-43-30)37(2)19-8-12-38(13-9-19)25(41)17-39-16-23(35-28(42)22-15-34-40-11-5-10-33-27(22)40)26(36-39)21-14-20(45-3)6-7-24(21)44-29(31)32/h5-7,10-11,14-16,19,29H,4,8-9,12-13,17-18H2,1-3H3,(H,35,42). The molecule has 5 heterocycles. The summed E-state index contributed by atoms with van der Waals surface area (Å²) < 4.78 is 40.2. The van der Waals surface area contributed by atoms with E-state index in [-0.39, 0.29) is 46.4 Å². The molecule has 12 nitrogen and oxygen atoms in total. The van der Waals surface area contributed by atoms with Crippen LogP contribution in [-0.4, -0.2) is 97.4 Å². The van der Waals surface area contributed by atoms with Gasteiger partial charge in [0.05, 0.1) is 18.5 Å². The second-order valence-electron chi connectivity index (χ2n) is 11.0. The van der Waals surface area contributed by atoms with Gasteiger partial charge in [0.25, 0.3) is 5.91 Å². The number of ether oxygens (including phenoxy) is 2. The molecule has 4 aromatic rings. The van der Waals surface area contributed by atoms with Crippen molar-refractivity contribution in [2.75, 3.05) is 38.3 Å². The second kappa shape index (κ2) is 12.7. The molecule has 3 aromatic heterocycles. The number of anilines is 1. The molecule has 0 bridgehead atoms. The first-order chi connectivity index (χ1) is 21.7. The van der Waals surface area contributed by atoms with Crippen molar-refractivity contribution in [3.63, 3.8) is 0 Å². The number of epoxide rings is 1. The van der Waals surface area contributed by atoms with Crippen molar-refractivity contribution < 1.29 is 27.8 Å². The maximum atomic E-state index is 13.4. The Morgan fingerprint density at radius 3 is 2.76 bits per heavy atom. The summed E-state index contributed by atoms with van der Waals surface area (Å²) in [5.74, 6) is -0.767.